The normalized spacial score (nSPS) is 12.3. The molecule has 1 aromatic carbocycles. The van der Waals surface area contributed by atoms with E-state index < -0.39 is 0 Å². The molecule has 0 bridgehead atoms. The summed E-state index contributed by atoms with van der Waals surface area (Å²) in [6.45, 7) is 6.25. The van der Waals surface area contributed by atoms with E-state index in [4.69, 9.17) is 4.74 Å². The summed E-state index contributed by atoms with van der Waals surface area (Å²) in [5.74, 6) is 2.30. The Hall–Kier alpha value is -0.980. The average molecular weight is 405 g/mol. The van der Waals surface area contributed by atoms with E-state index in [1.165, 1.54) is 5.56 Å². The number of ether oxygens (including phenoxy) is 1. The summed E-state index contributed by atoms with van der Waals surface area (Å²) in [5, 5.41) is 6.61. The van der Waals surface area contributed by atoms with Crippen molar-refractivity contribution in [2.45, 2.75) is 32.6 Å². The molecule has 0 radical (unpaired) electrons. The molecule has 1 aromatic rings. The van der Waals surface area contributed by atoms with Crippen LogP contribution in [0, 0.1) is 0 Å². The number of hydrogen-bond acceptors (Lipinski definition) is 2. The minimum atomic E-state index is 0. The second-order valence-electron chi connectivity index (χ2n) is 4.89. The molecule has 1 rings (SSSR count). The lowest BCUT2D eigenvalue weighted by Gasteiger charge is -2.15. The van der Waals surface area contributed by atoms with Crippen LogP contribution < -0.4 is 15.4 Å². The first-order valence-electron chi connectivity index (χ1n) is 7.29. The van der Waals surface area contributed by atoms with Gasteiger partial charge in [-0.1, -0.05) is 26.0 Å². The standard InChI is InChI=1S/C16H27N3O.HI/c1-5-11-18-16(17-3)19-12-10-13(2)14-6-8-15(20-4)9-7-14;/h6-9,13H,5,10-12H2,1-4H3,(H2,17,18,19);1H. The van der Waals surface area contributed by atoms with E-state index in [-0.39, 0.29) is 24.0 Å². The molecule has 120 valence electrons. The Balaban J connectivity index is 0.00000400. The second kappa shape index (κ2) is 11.7. The lowest BCUT2D eigenvalue weighted by Crippen LogP contribution is -2.38. The molecule has 21 heavy (non-hydrogen) atoms. The number of nitrogens with zero attached hydrogens (tertiary/aromatic N) is 1. The number of rotatable bonds is 7. The van der Waals surface area contributed by atoms with Crippen molar-refractivity contribution in [1.82, 2.24) is 10.6 Å². The van der Waals surface area contributed by atoms with E-state index in [1.807, 2.05) is 12.1 Å². The summed E-state index contributed by atoms with van der Waals surface area (Å²) in [5.41, 5.74) is 1.34. The number of aliphatic imine (C=N–C) groups is 1. The van der Waals surface area contributed by atoms with Crippen LogP contribution in [-0.4, -0.2) is 33.2 Å². The van der Waals surface area contributed by atoms with Crippen molar-refractivity contribution in [1.29, 1.82) is 0 Å². The molecule has 0 aromatic heterocycles. The summed E-state index contributed by atoms with van der Waals surface area (Å²) in [6.07, 6.45) is 2.17. The average Bonchev–Trinajstić information content (AvgIpc) is 2.50. The van der Waals surface area contributed by atoms with Gasteiger partial charge in [0.05, 0.1) is 7.11 Å². The monoisotopic (exact) mass is 405 g/mol. The number of halogens is 1. The smallest absolute Gasteiger partial charge is 0.190 e. The Morgan fingerprint density at radius 1 is 1.19 bits per heavy atom. The number of guanidine groups is 1. The highest BCUT2D eigenvalue weighted by Crippen LogP contribution is 2.21. The van der Waals surface area contributed by atoms with Gasteiger partial charge < -0.3 is 15.4 Å². The maximum absolute atomic E-state index is 5.18. The Morgan fingerprint density at radius 2 is 1.81 bits per heavy atom. The summed E-state index contributed by atoms with van der Waals surface area (Å²) in [6, 6.07) is 8.29. The van der Waals surface area contributed by atoms with Crippen LogP contribution in [0.5, 0.6) is 5.75 Å². The first-order chi connectivity index (χ1) is 9.71. The predicted molar refractivity (Wildman–Crippen MR) is 101 cm³/mol. The molecule has 0 saturated carbocycles. The fourth-order valence-electron chi connectivity index (χ4n) is 1.97. The van der Waals surface area contributed by atoms with E-state index in [0.29, 0.717) is 5.92 Å². The number of nitrogens with one attached hydrogen (secondary N) is 2. The highest BCUT2D eigenvalue weighted by Gasteiger charge is 2.06. The quantitative estimate of drug-likeness (QED) is 0.415. The molecule has 0 aliphatic carbocycles. The second-order valence-corrected chi connectivity index (χ2v) is 4.89. The Morgan fingerprint density at radius 3 is 2.33 bits per heavy atom. The van der Waals surface area contributed by atoms with Gasteiger partial charge in [0.15, 0.2) is 5.96 Å². The Kier molecular flexibility index (Phi) is 11.1. The summed E-state index contributed by atoms with van der Waals surface area (Å²) < 4.78 is 5.18. The van der Waals surface area contributed by atoms with Gasteiger partial charge in [-0.05, 0) is 36.5 Å². The van der Waals surface area contributed by atoms with Gasteiger partial charge in [-0.15, -0.1) is 24.0 Å². The van der Waals surface area contributed by atoms with Crippen LogP contribution >= 0.6 is 24.0 Å². The van der Waals surface area contributed by atoms with Gasteiger partial charge in [-0.3, -0.25) is 4.99 Å². The largest absolute Gasteiger partial charge is 0.497 e. The fourth-order valence-corrected chi connectivity index (χ4v) is 1.97. The molecule has 2 N–H and O–H groups in total. The molecule has 1 unspecified atom stereocenters. The molecular weight excluding hydrogens is 377 g/mol. The van der Waals surface area contributed by atoms with Gasteiger partial charge >= 0.3 is 0 Å². The molecule has 0 amide bonds. The summed E-state index contributed by atoms with van der Waals surface area (Å²) >= 11 is 0. The molecule has 0 aliphatic heterocycles. The maximum Gasteiger partial charge on any atom is 0.190 e. The van der Waals surface area contributed by atoms with E-state index in [9.17, 15) is 0 Å². The van der Waals surface area contributed by atoms with Crippen molar-refractivity contribution in [2.75, 3.05) is 27.2 Å². The van der Waals surface area contributed by atoms with Crippen LogP contribution in [0.15, 0.2) is 29.3 Å². The van der Waals surface area contributed by atoms with Crippen LogP contribution in [0.1, 0.15) is 38.2 Å². The molecule has 0 heterocycles. The zero-order chi connectivity index (χ0) is 14.8. The van der Waals surface area contributed by atoms with Gasteiger partial charge in [-0.2, -0.15) is 0 Å². The van der Waals surface area contributed by atoms with Crippen molar-refractivity contribution in [2.24, 2.45) is 4.99 Å². The van der Waals surface area contributed by atoms with Gasteiger partial charge in [-0.25, -0.2) is 0 Å². The third-order valence-corrected chi connectivity index (χ3v) is 3.32. The van der Waals surface area contributed by atoms with Crippen LogP contribution in [0.2, 0.25) is 0 Å². The molecular formula is C16H28IN3O. The number of benzene rings is 1. The Bertz CT molecular complexity index is 406. The minimum absolute atomic E-state index is 0. The van der Waals surface area contributed by atoms with E-state index in [0.717, 1.165) is 37.6 Å². The lowest BCUT2D eigenvalue weighted by molar-refractivity contribution is 0.414. The van der Waals surface area contributed by atoms with Crippen LogP contribution in [-0.2, 0) is 0 Å². The highest BCUT2D eigenvalue weighted by molar-refractivity contribution is 14.0. The van der Waals surface area contributed by atoms with Crippen molar-refractivity contribution in [3.8, 4) is 5.75 Å². The first kappa shape index (κ1) is 20.0. The van der Waals surface area contributed by atoms with E-state index >= 15 is 0 Å². The van der Waals surface area contributed by atoms with Crippen LogP contribution in [0.25, 0.3) is 0 Å². The van der Waals surface area contributed by atoms with Crippen LogP contribution in [0.3, 0.4) is 0 Å². The third-order valence-electron chi connectivity index (χ3n) is 3.32. The highest BCUT2D eigenvalue weighted by atomic mass is 127. The molecule has 1 atom stereocenters. The fraction of sp³-hybridized carbons (Fsp3) is 0.562. The lowest BCUT2D eigenvalue weighted by atomic mass is 9.98. The number of hydrogen-bond donors (Lipinski definition) is 2. The molecule has 4 nitrogen and oxygen atoms in total. The van der Waals surface area contributed by atoms with Crippen molar-refractivity contribution in [3.63, 3.8) is 0 Å². The van der Waals surface area contributed by atoms with E-state index in [2.05, 4.69) is 41.6 Å². The van der Waals surface area contributed by atoms with E-state index in [1.54, 1.807) is 14.2 Å². The SMILES string of the molecule is CCCNC(=NC)NCCC(C)c1ccc(OC)cc1.I. The summed E-state index contributed by atoms with van der Waals surface area (Å²) in [4.78, 5) is 4.20. The van der Waals surface area contributed by atoms with Gasteiger partial charge in [0.1, 0.15) is 5.75 Å². The zero-order valence-corrected chi connectivity index (χ0v) is 15.8. The molecule has 0 spiro atoms. The molecule has 0 fully saturated rings. The third kappa shape index (κ3) is 7.55. The molecule has 0 aliphatic rings. The van der Waals surface area contributed by atoms with Gasteiger partial charge in [0.25, 0.3) is 0 Å². The zero-order valence-electron chi connectivity index (χ0n) is 13.5. The maximum atomic E-state index is 5.18. The molecule has 0 saturated heterocycles. The van der Waals surface area contributed by atoms with Crippen LogP contribution in [0.4, 0.5) is 0 Å². The van der Waals surface area contributed by atoms with Crippen molar-refractivity contribution in [3.05, 3.63) is 29.8 Å². The van der Waals surface area contributed by atoms with Gasteiger partial charge in [0.2, 0.25) is 0 Å². The first-order valence-corrected chi connectivity index (χ1v) is 7.29. The predicted octanol–water partition coefficient (Wildman–Crippen LogP) is 3.38. The van der Waals surface area contributed by atoms with Crippen molar-refractivity contribution >= 4 is 29.9 Å². The summed E-state index contributed by atoms with van der Waals surface area (Å²) in [7, 11) is 3.50. The Labute approximate surface area is 145 Å². The van der Waals surface area contributed by atoms with Crippen molar-refractivity contribution < 1.29 is 4.74 Å². The molecule has 5 heteroatoms. The minimum Gasteiger partial charge on any atom is -0.497 e. The number of methoxy groups -OCH3 is 1. The van der Waals surface area contributed by atoms with Gasteiger partial charge in [0, 0.05) is 20.1 Å². The topological polar surface area (TPSA) is 45.7 Å².